The zero-order valence-corrected chi connectivity index (χ0v) is 7.64. The first-order chi connectivity index (χ1) is 6.77. The molecule has 0 aromatic carbocycles. The summed E-state index contributed by atoms with van der Waals surface area (Å²) in [6.07, 6.45) is 4.81. The van der Waals surface area contributed by atoms with Gasteiger partial charge in [-0.1, -0.05) is 0 Å². The largest absolute Gasteiger partial charge is 0.386 e. The van der Waals surface area contributed by atoms with Crippen molar-refractivity contribution in [3.8, 4) is 0 Å². The smallest absolute Gasteiger partial charge is 0.375 e. The van der Waals surface area contributed by atoms with Gasteiger partial charge in [-0.05, 0) is 41.3 Å². The number of anilines is 1. The van der Waals surface area contributed by atoms with Gasteiger partial charge in [-0.25, -0.2) is 0 Å². The second-order valence-corrected chi connectivity index (χ2v) is 3.40. The van der Waals surface area contributed by atoms with Gasteiger partial charge in [0.15, 0.2) is 0 Å². The van der Waals surface area contributed by atoms with Gasteiger partial charge in [-0.15, -0.1) is 0 Å². The van der Waals surface area contributed by atoms with Gasteiger partial charge < -0.3 is 15.4 Å². The molecule has 5 nitrogen and oxygen atoms in total. The molecule has 0 atom stereocenters. The van der Waals surface area contributed by atoms with Gasteiger partial charge in [0.05, 0.1) is 0 Å². The Morgan fingerprint density at radius 3 is 2.93 bits per heavy atom. The molecule has 1 aromatic heterocycles. The van der Waals surface area contributed by atoms with Crippen molar-refractivity contribution in [1.29, 1.82) is 0 Å². The van der Waals surface area contributed by atoms with E-state index in [-0.39, 0.29) is 5.82 Å². The number of aromatic nitrogens is 1. The molecule has 1 aromatic rings. The molecule has 0 aliphatic heterocycles. The molecule has 0 spiro atoms. The monoisotopic (exact) mass is 193 g/mol. The molecule has 1 fully saturated rings. The summed E-state index contributed by atoms with van der Waals surface area (Å²) in [4.78, 5) is 13.9. The number of pyridine rings is 1. The zero-order valence-electron chi connectivity index (χ0n) is 7.64. The molecule has 0 bridgehead atoms. The predicted octanol–water partition coefficient (Wildman–Crippen LogP) is 1.95. The van der Waals surface area contributed by atoms with E-state index in [9.17, 15) is 10.1 Å². The quantitative estimate of drug-likeness (QED) is 0.588. The van der Waals surface area contributed by atoms with Crippen LogP contribution in [-0.4, -0.2) is 15.9 Å². The summed E-state index contributed by atoms with van der Waals surface area (Å²) in [5, 5.41) is 13.7. The molecule has 2 rings (SSSR count). The average Bonchev–Trinajstić information content (AvgIpc) is 2.12. The first-order valence-corrected chi connectivity index (χ1v) is 4.63. The van der Waals surface area contributed by atoms with E-state index in [4.69, 9.17) is 0 Å². The first kappa shape index (κ1) is 8.93. The van der Waals surface area contributed by atoms with Crippen molar-refractivity contribution >= 4 is 11.5 Å². The zero-order chi connectivity index (χ0) is 9.97. The fourth-order valence-corrected chi connectivity index (χ4v) is 1.43. The van der Waals surface area contributed by atoms with Gasteiger partial charge in [0.2, 0.25) is 0 Å². The number of rotatable bonds is 3. The fraction of sp³-hybridized carbons (Fsp3) is 0.444. The van der Waals surface area contributed by atoms with Crippen LogP contribution in [-0.2, 0) is 0 Å². The van der Waals surface area contributed by atoms with E-state index in [0.717, 1.165) is 12.8 Å². The van der Waals surface area contributed by atoms with Gasteiger partial charge in [-0.2, -0.15) is 0 Å². The summed E-state index contributed by atoms with van der Waals surface area (Å²) in [5.41, 5.74) is 0.530. The van der Waals surface area contributed by atoms with Crippen molar-refractivity contribution < 1.29 is 4.92 Å². The highest BCUT2D eigenvalue weighted by Gasteiger charge is 2.21. The average molecular weight is 193 g/mol. The lowest BCUT2D eigenvalue weighted by Gasteiger charge is -2.26. The highest BCUT2D eigenvalue weighted by molar-refractivity contribution is 5.57. The summed E-state index contributed by atoms with van der Waals surface area (Å²) in [6.45, 7) is 0. The van der Waals surface area contributed by atoms with Crippen molar-refractivity contribution in [3.05, 3.63) is 28.4 Å². The van der Waals surface area contributed by atoms with Crippen LogP contribution in [0.25, 0.3) is 0 Å². The molecule has 1 heterocycles. The lowest BCUT2D eigenvalue weighted by Crippen LogP contribution is -2.27. The van der Waals surface area contributed by atoms with E-state index in [1.807, 2.05) is 0 Å². The molecular weight excluding hydrogens is 182 g/mol. The first-order valence-electron chi connectivity index (χ1n) is 4.63. The van der Waals surface area contributed by atoms with Crippen molar-refractivity contribution in [1.82, 2.24) is 4.98 Å². The Morgan fingerprint density at radius 2 is 2.36 bits per heavy atom. The number of nitro groups is 1. The fourth-order valence-electron chi connectivity index (χ4n) is 1.43. The van der Waals surface area contributed by atoms with Crippen LogP contribution >= 0.6 is 0 Å². The third-order valence-electron chi connectivity index (χ3n) is 2.42. The van der Waals surface area contributed by atoms with Crippen LogP contribution in [0.4, 0.5) is 11.5 Å². The summed E-state index contributed by atoms with van der Waals surface area (Å²) in [6, 6.07) is 3.79. The molecule has 1 saturated carbocycles. The summed E-state index contributed by atoms with van der Waals surface area (Å²) in [7, 11) is 0. The highest BCUT2D eigenvalue weighted by atomic mass is 16.6. The topological polar surface area (TPSA) is 68.1 Å². The Labute approximate surface area is 81.3 Å². The molecule has 1 aliphatic rings. The second-order valence-electron chi connectivity index (χ2n) is 3.40. The van der Waals surface area contributed by atoms with E-state index in [1.54, 1.807) is 12.1 Å². The number of nitrogens with zero attached hydrogens (tertiary/aromatic N) is 2. The van der Waals surface area contributed by atoms with Gasteiger partial charge in [0.25, 0.3) is 0 Å². The lowest BCUT2D eigenvalue weighted by molar-refractivity contribution is -0.388. The Balaban J connectivity index is 2.17. The molecule has 0 radical (unpaired) electrons. The molecule has 74 valence electrons. The molecule has 0 saturated heterocycles. The normalized spacial score (nSPS) is 16.0. The van der Waals surface area contributed by atoms with Gasteiger partial charge >= 0.3 is 5.82 Å². The molecule has 0 unspecified atom stereocenters. The van der Waals surface area contributed by atoms with Crippen LogP contribution in [0.5, 0.6) is 0 Å². The van der Waals surface area contributed by atoms with Gasteiger partial charge in [-0.3, -0.25) is 0 Å². The van der Waals surface area contributed by atoms with Crippen LogP contribution in [0.2, 0.25) is 0 Å². The van der Waals surface area contributed by atoms with Crippen LogP contribution in [0.1, 0.15) is 19.3 Å². The van der Waals surface area contributed by atoms with E-state index >= 15 is 0 Å². The molecule has 14 heavy (non-hydrogen) atoms. The van der Waals surface area contributed by atoms with Crippen molar-refractivity contribution in [2.24, 2.45) is 0 Å². The number of hydrogen-bond acceptors (Lipinski definition) is 4. The minimum absolute atomic E-state index is 0.0839. The van der Waals surface area contributed by atoms with E-state index in [2.05, 4.69) is 10.3 Å². The van der Waals surface area contributed by atoms with Crippen LogP contribution in [0.3, 0.4) is 0 Å². The van der Waals surface area contributed by atoms with E-state index < -0.39 is 4.92 Å². The van der Waals surface area contributed by atoms with E-state index in [0.29, 0.717) is 11.7 Å². The SMILES string of the molecule is O=[N+]([O-])c1ncccc1NC1CCC1. The maximum absolute atomic E-state index is 10.6. The standard InChI is InChI=1S/C9H11N3O2/c13-12(14)9-8(5-2-6-10-9)11-7-3-1-4-7/h2,5-7,11H,1,3-4H2. The number of nitrogens with one attached hydrogen (secondary N) is 1. The molecule has 1 aliphatic carbocycles. The van der Waals surface area contributed by atoms with Crippen LogP contribution < -0.4 is 5.32 Å². The summed E-state index contributed by atoms with van der Waals surface area (Å²) >= 11 is 0. The molecule has 0 amide bonds. The van der Waals surface area contributed by atoms with Crippen molar-refractivity contribution in [2.75, 3.05) is 5.32 Å². The van der Waals surface area contributed by atoms with Crippen molar-refractivity contribution in [3.63, 3.8) is 0 Å². The van der Waals surface area contributed by atoms with Crippen LogP contribution in [0.15, 0.2) is 18.3 Å². The Morgan fingerprint density at radius 1 is 1.57 bits per heavy atom. The number of hydrogen-bond donors (Lipinski definition) is 1. The minimum Gasteiger partial charge on any atom is -0.375 e. The third-order valence-corrected chi connectivity index (χ3v) is 2.42. The Kier molecular flexibility index (Phi) is 2.30. The maximum Gasteiger partial charge on any atom is 0.386 e. The highest BCUT2D eigenvalue weighted by Crippen LogP contribution is 2.27. The summed E-state index contributed by atoms with van der Waals surface area (Å²) < 4.78 is 0. The van der Waals surface area contributed by atoms with Gasteiger partial charge in [0.1, 0.15) is 11.9 Å². The minimum atomic E-state index is -0.457. The lowest BCUT2D eigenvalue weighted by atomic mass is 9.93. The second kappa shape index (κ2) is 3.61. The Hall–Kier alpha value is -1.65. The Bertz CT molecular complexity index is 350. The molecular formula is C9H11N3O2. The molecule has 1 N–H and O–H groups in total. The third kappa shape index (κ3) is 1.66. The van der Waals surface area contributed by atoms with Crippen molar-refractivity contribution in [2.45, 2.75) is 25.3 Å². The van der Waals surface area contributed by atoms with E-state index in [1.165, 1.54) is 12.6 Å². The van der Waals surface area contributed by atoms with Crippen LogP contribution in [0, 0.1) is 10.1 Å². The molecule has 5 heteroatoms. The predicted molar refractivity (Wildman–Crippen MR) is 52.2 cm³/mol. The maximum atomic E-state index is 10.6. The van der Waals surface area contributed by atoms with Gasteiger partial charge in [0, 0.05) is 6.04 Å². The summed E-state index contributed by atoms with van der Waals surface area (Å²) in [5.74, 6) is -0.0839.